The minimum Gasteiger partial charge on any atom is -0.352 e. The second-order valence-corrected chi connectivity index (χ2v) is 7.21. The van der Waals surface area contributed by atoms with E-state index in [4.69, 9.17) is 0 Å². The molecule has 2 heterocycles. The molecule has 114 valence electrons. The summed E-state index contributed by atoms with van der Waals surface area (Å²) in [6.45, 7) is 0.326. The van der Waals surface area contributed by atoms with Crippen LogP contribution in [-0.4, -0.2) is 42.8 Å². The summed E-state index contributed by atoms with van der Waals surface area (Å²) in [5.74, 6) is -0.807. The Morgan fingerprint density at radius 2 is 1.95 bits per heavy atom. The molecule has 2 N–H and O–H groups in total. The Morgan fingerprint density at radius 3 is 2.57 bits per heavy atom. The number of nitrogens with zero attached hydrogens (tertiary/aromatic N) is 1. The largest absolute Gasteiger partial charge is 0.352 e. The Kier molecular flexibility index (Phi) is 4.89. The van der Waals surface area contributed by atoms with Crippen molar-refractivity contribution in [3.63, 3.8) is 0 Å². The molecule has 0 aliphatic carbocycles. The number of nitrogens with one attached hydrogen (secondary N) is 2. The van der Waals surface area contributed by atoms with E-state index in [0.29, 0.717) is 13.0 Å². The molecule has 21 heavy (non-hydrogen) atoms. The van der Waals surface area contributed by atoms with E-state index < -0.39 is 21.7 Å². The molecule has 7 nitrogen and oxygen atoms in total. The zero-order valence-electron chi connectivity index (χ0n) is 11.4. The second kappa shape index (κ2) is 6.66. The number of sulfone groups is 1. The molecule has 1 aromatic rings. The Morgan fingerprint density at radius 1 is 1.24 bits per heavy atom. The quantitative estimate of drug-likeness (QED) is 0.706. The number of rotatable bonds is 5. The van der Waals surface area contributed by atoms with Crippen molar-refractivity contribution < 1.29 is 18.0 Å². The molecule has 1 aliphatic rings. The lowest BCUT2D eigenvalue weighted by atomic mass is 10.2. The highest BCUT2D eigenvalue weighted by molar-refractivity contribution is 7.91. The van der Waals surface area contributed by atoms with Crippen molar-refractivity contribution in [2.24, 2.45) is 0 Å². The summed E-state index contributed by atoms with van der Waals surface area (Å²) in [5, 5.41) is 5.20. The van der Waals surface area contributed by atoms with Gasteiger partial charge in [0.25, 0.3) is 0 Å². The van der Waals surface area contributed by atoms with E-state index in [1.54, 1.807) is 24.5 Å². The van der Waals surface area contributed by atoms with Crippen LogP contribution in [0.3, 0.4) is 0 Å². The van der Waals surface area contributed by atoms with Gasteiger partial charge in [-0.3, -0.25) is 14.6 Å². The molecule has 0 radical (unpaired) electrons. The van der Waals surface area contributed by atoms with E-state index >= 15 is 0 Å². The van der Waals surface area contributed by atoms with Crippen LogP contribution in [0.1, 0.15) is 18.4 Å². The van der Waals surface area contributed by atoms with Gasteiger partial charge in [0.05, 0.1) is 11.5 Å². The summed E-state index contributed by atoms with van der Waals surface area (Å²) in [4.78, 5) is 27.1. The van der Waals surface area contributed by atoms with Crippen molar-refractivity contribution in [2.75, 3.05) is 11.5 Å². The average Bonchev–Trinajstić information content (AvgIpc) is 2.76. The molecule has 0 bridgehead atoms. The van der Waals surface area contributed by atoms with E-state index in [1.807, 2.05) is 0 Å². The van der Waals surface area contributed by atoms with Gasteiger partial charge < -0.3 is 10.6 Å². The number of carbonyl (C=O) groups is 2. The summed E-state index contributed by atoms with van der Waals surface area (Å²) in [5.41, 5.74) is 0.889. The van der Waals surface area contributed by atoms with E-state index in [9.17, 15) is 18.0 Å². The van der Waals surface area contributed by atoms with Crippen LogP contribution in [0.15, 0.2) is 24.5 Å². The van der Waals surface area contributed by atoms with Gasteiger partial charge in [-0.2, -0.15) is 0 Å². The number of carbonyl (C=O) groups excluding carboxylic acids is 2. The second-order valence-electron chi connectivity index (χ2n) is 4.98. The summed E-state index contributed by atoms with van der Waals surface area (Å²) >= 11 is 0. The van der Waals surface area contributed by atoms with Crippen LogP contribution in [0.25, 0.3) is 0 Å². The highest BCUT2D eigenvalue weighted by Gasteiger charge is 2.29. The molecule has 1 atom stereocenters. The van der Waals surface area contributed by atoms with Crippen LogP contribution in [-0.2, 0) is 26.0 Å². The lowest BCUT2D eigenvalue weighted by Crippen LogP contribution is -2.38. The maximum absolute atomic E-state index is 11.7. The number of aromatic nitrogens is 1. The van der Waals surface area contributed by atoms with Gasteiger partial charge in [-0.25, -0.2) is 8.42 Å². The van der Waals surface area contributed by atoms with E-state index in [-0.39, 0.29) is 24.0 Å². The molecule has 1 saturated heterocycles. The van der Waals surface area contributed by atoms with Gasteiger partial charge in [0.15, 0.2) is 9.84 Å². The molecule has 0 spiro atoms. The Hall–Kier alpha value is -1.96. The molecule has 1 unspecified atom stereocenters. The van der Waals surface area contributed by atoms with Crippen LogP contribution in [0.4, 0.5) is 0 Å². The molecule has 1 aromatic heterocycles. The monoisotopic (exact) mass is 311 g/mol. The molecule has 0 aromatic carbocycles. The first-order valence-electron chi connectivity index (χ1n) is 6.60. The minimum atomic E-state index is -3.04. The van der Waals surface area contributed by atoms with Crippen molar-refractivity contribution in [1.82, 2.24) is 15.6 Å². The molecule has 1 fully saturated rings. The predicted octanol–water partition coefficient (Wildman–Crippen LogP) is -0.609. The zero-order valence-corrected chi connectivity index (χ0v) is 12.2. The van der Waals surface area contributed by atoms with Crippen LogP contribution < -0.4 is 10.6 Å². The summed E-state index contributed by atoms with van der Waals surface area (Å²) in [6.07, 6.45) is 3.35. The molecule has 0 saturated carbocycles. The first-order valence-corrected chi connectivity index (χ1v) is 8.42. The number of hydrogen-bond donors (Lipinski definition) is 2. The van der Waals surface area contributed by atoms with Crippen molar-refractivity contribution in [2.45, 2.75) is 25.4 Å². The van der Waals surface area contributed by atoms with Crippen molar-refractivity contribution in [3.8, 4) is 0 Å². The predicted molar refractivity (Wildman–Crippen MR) is 75.9 cm³/mol. The average molecular weight is 311 g/mol. The smallest absolute Gasteiger partial charge is 0.229 e. The third-order valence-electron chi connectivity index (χ3n) is 3.16. The van der Waals surface area contributed by atoms with Crippen molar-refractivity contribution in [1.29, 1.82) is 0 Å². The Balaban J connectivity index is 1.71. The first-order chi connectivity index (χ1) is 9.94. The van der Waals surface area contributed by atoms with Crippen LogP contribution >= 0.6 is 0 Å². The van der Waals surface area contributed by atoms with Crippen LogP contribution in [0, 0.1) is 0 Å². The Labute approximate surface area is 123 Å². The fourth-order valence-corrected chi connectivity index (χ4v) is 3.77. The zero-order chi connectivity index (χ0) is 15.3. The SMILES string of the molecule is O=C(CC(=O)NC1CCS(=O)(=O)C1)NCc1ccncc1. The lowest BCUT2D eigenvalue weighted by molar-refractivity contribution is -0.129. The summed E-state index contributed by atoms with van der Waals surface area (Å²) in [7, 11) is -3.04. The topological polar surface area (TPSA) is 105 Å². The molecule has 2 rings (SSSR count). The van der Waals surface area contributed by atoms with Gasteiger partial charge in [0, 0.05) is 25.0 Å². The molecular weight excluding hydrogens is 294 g/mol. The number of hydrogen-bond acceptors (Lipinski definition) is 5. The van der Waals surface area contributed by atoms with Crippen LogP contribution in [0.2, 0.25) is 0 Å². The summed E-state index contributed by atoms with van der Waals surface area (Å²) < 4.78 is 22.5. The maximum Gasteiger partial charge on any atom is 0.229 e. The lowest BCUT2D eigenvalue weighted by Gasteiger charge is -2.10. The molecule has 1 aliphatic heterocycles. The standard InChI is InChI=1S/C13H17N3O4S/c17-12(15-8-10-1-4-14-5-2-10)7-13(18)16-11-3-6-21(19,20)9-11/h1-2,4-5,11H,3,6-9H2,(H,15,17)(H,16,18). The highest BCUT2D eigenvalue weighted by Crippen LogP contribution is 2.11. The fraction of sp³-hybridized carbons (Fsp3) is 0.462. The third-order valence-corrected chi connectivity index (χ3v) is 4.93. The molecule has 8 heteroatoms. The van der Waals surface area contributed by atoms with Crippen molar-refractivity contribution >= 4 is 21.7 Å². The number of pyridine rings is 1. The van der Waals surface area contributed by atoms with E-state index in [2.05, 4.69) is 15.6 Å². The molecular formula is C13H17N3O4S. The minimum absolute atomic E-state index is 0.0443. The van der Waals surface area contributed by atoms with Gasteiger partial charge in [0.1, 0.15) is 6.42 Å². The Bertz CT molecular complexity index is 616. The van der Waals surface area contributed by atoms with Crippen molar-refractivity contribution in [3.05, 3.63) is 30.1 Å². The van der Waals surface area contributed by atoms with E-state index in [0.717, 1.165) is 5.56 Å². The van der Waals surface area contributed by atoms with E-state index in [1.165, 1.54) is 0 Å². The normalized spacial score (nSPS) is 19.9. The maximum atomic E-state index is 11.7. The fourth-order valence-electron chi connectivity index (χ4n) is 2.10. The highest BCUT2D eigenvalue weighted by atomic mass is 32.2. The third kappa shape index (κ3) is 5.14. The van der Waals surface area contributed by atoms with Gasteiger partial charge in [-0.05, 0) is 24.1 Å². The first kappa shape index (κ1) is 15.4. The summed E-state index contributed by atoms with van der Waals surface area (Å²) in [6, 6.07) is 3.16. The van der Waals surface area contributed by atoms with Gasteiger partial charge in [0.2, 0.25) is 11.8 Å². The van der Waals surface area contributed by atoms with Gasteiger partial charge in [-0.1, -0.05) is 0 Å². The van der Waals surface area contributed by atoms with Gasteiger partial charge in [-0.15, -0.1) is 0 Å². The van der Waals surface area contributed by atoms with Crippen LogP contribution in [0.5, 0.6) is 0 Å². The molecule has 2 amide bonds. The van der Waals surface area contributed by atoms with Gasteiger partial charge >= 0.3 is 0 Å². The number of amides is 2.